The van der Waals surface area contributed by atoms with E-state index >= 15 is 0 Å². The number of carboxylic acids is 1. The number of amides is 1. The Morgan fingerprint density at radius 3 is 2.44 bits per heavy atom. The zero-order valence-electron chi connectivity index (χ0n) is 9.31. The summed E-state index contributed by atoms with van der Waals surface area (Å²) in [7, 11) is 0. The van der Waals surface area contributed by atoms with E-state index in [1.807, 2.05) is 13.8 Å². The average molecular weight is 226 g/mol. The van der Waals surface area contributed by atoms with Crippen molar-refractivity contribution in [3.8, 4) is 0 Å². The van der Waals surface area contributed by atoms with Crippen LogP contribution in [0.15, 0.2) is 0 Å². The Morgan fingerprint density at radius 1 is 1.38 bits per heavy atom. The van der Waals surface area contributed by atoms with Crippen molar-refractivity contribution in [3.63, 3.8) is 0 Å². The van der Waals surface area contributed by atoms with Gasteiger partial charge < -0.3 is 10.4 Å². The first-order chi connectivity index (χ1) is 7.41. The summed E-state index contributed by atoms with van der Waals surface area (Å²) in [6.07, 6.45) is 0. The zero-order chi connectivity index (χ0) is 12.3. The lowest BCUT2D eigenvalue weighted by Crippen LogP contribution is -2.38. The molecule has 7 heteroatoms. The van der Waals surface area contributed by atoms with Crippen LogP contribution in [0.5, 0.6) is 0 Å². The predicted molar refractivity (Wildman–Crippen MR) is 55.0 cm³/mol. The van der Waals surface area contributed by atoms with Gasteiger partial charge in [0.2, 0.25) is 5.82 Å². The van der Waals surface area contributed by atoms with Crippen LogP contribution >= 0.6 is 0 Å². The average Bonchev–Trinajstić information content (AvgIpc) is 2.65. The van der Waals surface area contributed by atoms with Crippen molar-refractivity contribution in [2.45, 2.75) is 32.7 Å². The third kappa shape index (κ3) is 2.78. The molecular weight excluding hydrogens is 212 g/mol. The van der Waals surface area contributed by atoms with E-state index in [-0.39, 0.29) is 11.7 Å². The molecule has 3 N–H and O–H groups in total. The highest BCUT2D eigenvalue weighted by Crippen LogP contribution is 2.07. The van der Waals surface area contributed by atoms with E-state index in [4.69, 9.17) is 5.11 Å². The molecule has 0 aliphatic carbocycles. The number of nitrogens with zero attached hydrogens (tertiary/aromatic N) is 2. The predicted octanol–water partition coefficient (Wildman–Crippen LogP) is 0.131. The molecule has 1 amide bonds. The van der Waals surface area contributed by atoms with E-state index in [9.17, 15) is 9.59 Å². The van der Waals surface area contributed by atoms with Gasteiger partial charge in [0, 0.05) is 5.92 Å². The van der Waals surface area contributed by atoms with Crippen LogP contribution in [-0.4, -0.2) is 38.2 Å². The van der Waals surface area contributed by atoms with Gasteiger partial charge in [-0.3, -0.25) is 14.7 Å². The molecule has 1 heterocycles. The van der Waals surface area contributed by atoms with Crippen LogP contribution in [0, 0.1) is 0 Å². The normalized spacial score (nSPS) is 12.5. The van der Waals surface area contributed by atoms with E-state index in [2.05, 4.69) is 20.5 Å². The molecule has 0 saturated heterocycles. The van der Waals surface area contributed by atoms with E-state index in [1.165, 1.54) is 6.92 Å². The second-order valence-electron chi connectivity index (χ2n) is 3.73. The van der Waals surface area contributed by atoms with Gasteiger partial charge in [0.1, 0.15) is 11.9 Å². The summed E-state index contributed by atoms with van der Waals surface area (Å²) in [6.45, 7) is 5.18. The maximum Gasteiger partial charge on any atom is 0.325 e. The van der Waals surface area contributed by atoms with Crippen LogP contribution in [0.3, 0.4) is 0 Å². The summed E-state index contributed by atoms with van der Waals surface area (Å²) in [4.78, 5) is 25.9. The second kappa shape index (κ2) is 4.73. The molecule has 0 aliphatic rings. The maximum atomic E-state index is 11.5. The van der Waals surface area contributed by atoms with E-state index in [0.29, 0.717) is 5.82 Å². The third-order valence-electron chi connectivity index (χ3n) is 1.97. The van der Waals surface area contributed by atoms with Crippen molar-refractivity contribution in [1.29, 1.82) is 0 Å². The number of aromatic amines is 1. The fourth-order valence-electron chi connectivity index (χ4n) is 0.957. The smallest absolute Gasteiger partial charge is 0.325 e. The molecule has 7 nitrogen and oxygen atoms in total. The fraction of sp³-hybridized carbons (Fsp3) is 0.556. The van der Waals surface area contributed by atoms with Gasteiger partial charge in [-0.1, -0.05) is 13.8 Å². The quantitative estimate of drug-likeness (QED) is 0.676. The molecule has 0 aromatic carbocycles. The lowest BCUT2D eigenvalue weighted by Gasteiger charge is -2.06. The Bertz CT molecular complexity index is 399. The molecule has 88 valence electrons. The standard InChI is InChI=1S/C9H14N4O3/c1-4(2)6-11-7(13-12-6)8(14)10-5(3)9(15)16/h4-5H,1-3H3,(H,10,14)(H,15,16)(H,11,12,13)/t5-/m0/s1. The molecular formula is C9H14N4O3. The monoisotopic (exact) mass is 226 g/mol. The first-order valence-electron chi connectivity index (χ1n) is 4.87. The molecule has 1 aromatic rings. The number of carboxylic acid groups (broad SMARTS) is 1. The summed E-state index contributed by atoms with van der Waals surface area (Å²) in [5.74, 6) is -1.03. The molecule has 1 atom stereocenters. The van der Waals surface area contributed by atoms with E-state index < -0.39 is 17.9 Å². The summed E-state index contributed by atoms with van der Waals surface area (Å²) in [5, 5.41) is 17.2. The summed E-state index contributed by atoms with van der Waals surface area (Å²) in [6, 6.07) is -0.964. The Balaban J connectivity index is 2.70. The van der Waals surface area contributed by atoms with Crippen LogP contribution in [-0.2, 0) is 4.79 Å². The number of carbonyl (C=O) groups excluding carboxylic acids is 1. The van der Waals surface area contributed by atoms with Gasteiger partial charge in [-0.15, -0.1) is 5.10 Å². The van der Waals surface area contributed by atoms with E-state index in [1.54, 1.807) is 0 Å². The number of rotatable bonds is 4. The summed E-state index contributed by atoms with van der Waals surface area (Å²) >= 11 is 0. The molecule has 1 aromatic heterocycles. The van der Waals surface area contributed by atoms with Crippen molar-refractivity contribution in [3.05, 3.63) is 11.6 Å². The van der Waals surface area contributed by atoms with E-state index in [0.717, 1.165) is 0 Å². The molecule has 0 radical (unpaired) electrons. The van der Waals surface area contributed by atoms with Crippen LogP contribution in [0.4, 0.5) is 0 Å². The highest BCUT2D eigenvalue weighted by Gasteiger charge is 2.19. The number of nitrogens with one attached hydrogen (secondary N) is 2. The van der Waals surface area contributed by atoms with Crippen molar-refractivity contribution >= 4 is 11.9 Å². The Labute approximate surface area is 92.3 Å². The zero-order valence-corrected chi connectivity index (χ0v) is 9.31. The summed E-state index contributed by atoms with van der Waals surface area (Å²) in [5.41, 5.74) is 0. The molecule has 0 unspecified atom stereocenters. The molecule has 1 rings (SSSR count). The molecule has 0 bridgehead atoms. The van der Waals surface area contributed by atoms with Gasteiger partial charge in [-0.2, -0.15) is 0 Å². The second-order valence-corrected chi connectivity index (χ2v) is 3.73. The number of aromatic nitrogens is 3. The first kappa shape index (κ1) is 12.2. The SMILES string of the molecule is CC(C)c1nc(C(=O)N[C@@H](C)C(=O)O)n[nH]1. The van der Waals surface area contributed by atoms with Gasteiger partial charge in [0.25, 0.3) is 5.91 Å². The minimum absolute atomic E-state index is 0.0446. The molecule has 0 aliphatic heterocycles. The number of hydrogen-bond donors (Lipinski definition) is 3. The molecule has 16 heavy (non-hydrogen) atoms. The molecule has 0 spiro atoms. The minimum Gasteiger partial charge on any atom is -0.480 e. The topological polar surface area (TPSA) is 108 Å². The van der Waals surface area contributed by atoms with Crippen molar-refractivity contribution in [2.24, 2.45) is 0 Å². The number of aliphatic carboxylic acids is 1. The first-order valence-corrected chi connectivity index (χ1v) is 4.87. The highest BCUT2D eigenvalue weighted by atomic mass is 16.4. The van der Waals surface area contributed by atoms with Gasteiger partial charge in [0.15, 0.2) is 0 Å². The van der Waals surface area contributed by atoms with Crippen molar-refractivity contribution in [1.82, 2.24) is 20.5 Å². The number of H-pyrrole nitrogens is 1. The van der Waals surface area contributed by atoms with Crippen LogP contribution in [0.25, 0.3) is 0 Å². The Hall–Kier alpha value is -1.92. The van der Waals surface area contributed by atoms with Crippen molar-refractivity contribution in [2.75, 3.05) is 0 Å². The Kier molecular flexibility index (Phi) is 3.60. The highest BCUT2D eigenvalue weighted by molar-refractivity contribution is 5.93. The minimum atomic E-state index is -1.10. The van der Waals surface area contributed by atoms with Crippen LogP contribution < -0.4 is 5.32 Å². The summed E-state index contributed by atoms with van der Waals surface area (Å²) < 4.78 is 0. The van der Waals surface area contributed by atoms with Gasteiger partial charge in [-0.05, 0) is 6.92 Å². The number of carbonyl (C=O) groups is 2. The van der Waals surface area contributed by atoms with Crippen LogP contribution in [0.1, 0.15) is 43.1 Å². The molecule has 0 fully saturated rings. The largest absolute Gasteiger partial charge is 0.480 e. The lowest BCUT2D eigenvalue weighted by molar-refractivity contribution is -0.138. The maximum absolute atomic E-state index is 11.5. The number of hydrogen-bond acceptors (Lipinski definition) is 4. The lowest BCUT2D eigenvalue weighted by atomic mass is 10.2. The van der Waals surface area contributed by atoms with Gasteiger partial charge in [0.05, 0.1) is 0 Å². The van der Waals surface area contributed by atoms with Gasteiger partial charge in [-0.25, -0.2) is 4.98 Å². The molecule has 0 saturated carbocycles. The van der Waals surface area contributed by atoms with Crippen molar-refractivity contribution < 1.29 is 14.7 Å². The van der Waals surface area contributed by atoms with Gasteiger partial charge >= 0.3 is 5.97 Å². The van der Waals surface area contributed by atoms with Crippen LogP contribution in [0.2, 0.25) is 0 Å². The fourth-order valence-corrected chi connectivity index (χ4v) is 0.957. The third-order valence-corrected chi connectivity index (χ3v) is 1.97. The Morgan fingerprint density at radius 2 is 2.00 bits per heavy atom.